The van der Waals surface area contributed by atoms with Gasteiger partial charge in [0, 0.05) is 28.0 Å². The number of carbonyl (C=O) groups is 3. The van der Waals surface area contributed by atoms with Crippen LogP contribution in [-0.2, 0) is 20.5 Å². The second kappa shape index (κ2) is 8.16. The number of halogens is 1. The van der Waals surface area contributed by atoms with Gasteiger partial charge in [0.1, 0.15) is 16.7 Å². The lowest BCUT2D eigenvalue weighted by molar-refractivity contribution is -0.137. The van der Waals surface area contributed by atoms with Crippen molar-refractivity contribution in [2.75, 3.05) is 23.8 Å². The Morgan fingerprint density at radius 2 is 1.74 bits per heavy atom. The maximum Gasteiger partial charge on any atom is 0.251 e. The topological polar surface area (TPSA) is 87.7 Å². The number of hydrogen-bond donors (Lipinski definition) is 2. The van der Waals surface area contributed by atoms with Gasteiger partial charge in [0.2, 0.25) is 5.91 Å². The van der Waals surface area contributed by atoms with E-state index in [0.717, 1.165) is 6.42 Å². The van der Waals surface area contributed by atoms with Crippen LogP contribution in [0.2, 0.25) is 5.02 Å². The number of ether oxygens (including phenoxy) is 1. The van der Waals surface area contributed by atoms with Crippen LogP contribution in [0.15, 0.2) is 66.7 Å². The molecular weight excluding hydrogens is 502 g/mol. The molecule has 0 radical (unpaired) electrons. The molecule has 4 aliphatic rings. The lowest BCUT2D eigenvalue weighted by atomic mass is 9.57. The molecule has 0 aliphatic carbocycles. The molecule has 3 aromatic carbocycles. The Morgan fingerprint density at radius 3 is 2.58 bits per heavy atom. The minimum atomic E-state index is -1.51. The predicted molar refractivity (Wildman–Crippen MR) is 144 cm³/mol. The Bertz CT molecular complexity index is 1540. The first-order valence-corrected chi connectivity index (χ1v) is 13.4. The first-order valence-electron chi connectivity index (χ1n) is 13.0. The summed E-state index contributed by atoms with van der Waals surface area (Å²) >= 11 is 6.52. The fourth-order valence-corrected chi connectivity index (χ4v) is 7.84. The number of nitrogens with zero attached hydrogens (tertiary/aromatic N) is 1. The van der Waals surface area contributed by atoms with E-state index in [4.69, 9.17) is 16.3 Å². The molecule has 192 valence electrons. The van der Waals surface area contributed by atoms with Crippen LogP contribution in [0.3, 0.4) is 0 Å². The minimum Gasteiger partial charge on any atom is -0.493 e. The molecule has 8 heteroatoms. The van der Waals surface area contributed by atoms with Crippen molar-refractivity contribution in [1.29, 1.82) is 0 Å². The summed E-state index contributed by atoms with van der Waals surface area (Å²) in [6.45, 7) is 2.85. The van der Waals surface area contributed by atoms with Crippen LogP contribution < -0.4 is 15.4 Å². The Balaban J connectivity index is 1.58. The molecule has 2 amide bonds. The predicted octanol–water partition coefficient (Wildman–Crippen LogP) is 4.75. The second-order valence-electron chi connectivity index (χ2n) is 10.3. The van der Waals surface area contributed by atoms with Gasteiger partial charge in [-0.1, -0.05) is 41.9 Å². The van der Waals surface area contributed by atoms with Crippen LogP contribution >= 0.6 is 11.6 Å². The van der Waals surface area contributed by atoms with Gasteiger partial charge in [-0.15, -0.1) is 0 Å². The van der Waals surface area contributed by atoms with Crippen LogP contribution in [0, 0.1) is 5.92 Å². The number of ketones is 1. The Morgan fingerprint density at radius 1 is 1.00 bits per heavy atom. The van der Waals surface area contributed by atoms with Crippen LogP contribution in [-0.4, -0.2) is 41.7 Å². The SMILES string of the molecule is CCOc1ccccc1C(=O)[C@H]1[C@@H]2CCCN2[C@]2(C(=O)Nc3ccc(Cl)cc32)[C@]12C(=O)Nc1ccccc12. The highest BCUT2D eigenvalue weighted by atomic mass is 35.5. The van der Waals surface area contributed by atoms with E-state index in [1.807, 2.05) is 37.3 Å². The average Bonchev–Trinajstić information content (AvgIpc) is 3.63. The Labute approximate surface area is 225 Å². The molecule has 2 fully saturated rings. The number of nitrogens with one attached hydrogen (secondary N) is 2. The van der Waals surface area contributed by atoms with Gasteiger partial charge in [-0.25, -0.2) is 0 Å². The van der Waals surface area contributed by atoms with Gasteiger partial charge in [0.15, 0.2) is 5.78 Å². The molecule has 4 atom stereocenters. The average molecular weight is 528 g/mol. The van der Waals surface area contributed by atoms with E-state index in [1.165, 1.54) is 0 Å². The number of para-hydroxylation sites is 2. The van der Waals surface area contributed by atoms with Crippen molar-refractivity contribution in [2.24, 2.45) is 5.92 Å². The van der Waals surface area contributed by atoms with Gasteiger partial charge in [0.25, 0.3) is 5.91 Å². The smallest absolute Gasteiger partial charge is 0.251 e. The van der Waals surface area contributed by atoms with Gasteiger partial charge in [-0.3, -0.25) is 19.3 Å². The Hall–Kier alpha value is -3.68. The van der Waals surface area contributed by atoms with E-state index in [0.29, 0.717) is 58.4 Å². The summed E-state index contributed by atoms with van der Waals surface area (Å²) in [7, 11) is 0. The van der Waals surface area contributed by atoms with Gasteiger partial charge in [-0.2, -0.15) is 0 Å². The zero-order valence-corrected chi connectivity index (χ0v) is 21.5. The van der Waals surface area contributed by atoms with Gasteiger partial charge < -0.3 is 15.4 Å². The van der Waals surface area contributed by atoms with Crippen molar-refractivity contribution in [3.05, 3.63) is 88.4 Å². The summed E-state index contributed by atoms with van der Waals surface area (Å²) in [5.74, 6) is -1.19. The van der Waals surface area contributed by atoms with Gasteiger partial charge >= 0.3 is 0 Å². The van der Waals surface area contributed by atoms with Crippen molar-refractivity contribution < 1.29 is 19.1 Å². The minimum absolute atomic E-state index is 0.196. The van der Waals surface area contributed by atoms with E-state index in [2.05, 4.69) is 15.5 Å². The number of amides is 2. The summed E-state index contributed by atoms with van der Waals surface area (Å²) in [6, 6.07) is 19.5. The maximum atomic E-state index is 14.8. The molecule has 2 N–H and O–H groups in total. The number of hydrogen-bond acceptors (Lipinski definition) is 5. The number of rotatable bonds is 4. The molecule has 7 nitrogen and oxygen atoms in total. The summed E-state index contributed by atoms with van der Waals surface area (Å²) in [6.07, 6.45) is 1.50. The third-order valence-corrected chi connectivity index (χ3v) is 9.03. The Kier molecular flexibility index (Phi) is 5.03. The molecule has 0 unspecified atom stereocenters. The zero-order valence-electron chi connectivity index (χ0n) is 20.8. The van der Waals surface area contributed by atoms with Crippen LogP contribution in [0.4, 0.5) is 11.4 Å². The summed E-state index contributed by atoms with van der Waals surface area (Å²) in [5, 5.41) is 6.57. The van der Waals surface area contributed by atoms with Gasteiger partial charge in [0.05, 0.1) is 18.1 Å². The number of benzene rings is 3. The normalized spacial score (nSPS) is 28.8. The highest BCUT2D eigenvalue weighted by molar-refractivity contribution is 6.31. The molecule has 0 aromatic heterocycles. The monoisotopic (exact) mass is 527 g/mol. The number of anilines is 2. The second-order valence-corrected chi connectivity index (χ2v) is 10.8. The van der Waals surface area contributed by atoms with E-state index < -0.39 is 16.9 Å². The third kappa shape index (κ3) is 2.65. The number of fused-ring (bicyclic) bond motifs is 7. The first-order chi connectivity index (χ1) is 18.5. The van der Waals surface area contributed by atoms with E-state index in [1.54, 1.807) is 36.4 Å². The lowest BCUT2D eigenvalue weighted by Crippen LogP contribution is -2.62. The highest BCUT2D eigenvalue weighted by Crippen LogP contribution is 2.68. The lowest BCUT2D eigenvalue weighted by Gasteiger charge is -2.43. The quantitative estimate of drug-likeness (QED) is 0.478. The number of carbonyl (C=O) groups excluding carboxylic acids is 3. The maximum absolute atomic E-state index is 14.8. The van der Waals surface area contributed by atoms with Crippen LogP contribution in [0.25, 0.3) is 0 Å². The molecule has 4 heterocycles. The summed E-state index contributed by atoms with van der Waals surface area (Å²) < 4.78 is 5.85. The summed E-state index contributed by atoms with van der Waals surface area (Å²) in [4.78, 5) is 45.8. The molecule has 4 aliphatic heterocycles. The molecule has 2 saturated heterocycles. The van der Waals surface area contributed by atoms with E-state index in [-0.39, 0.29) is 23.6 Å². The third-order valence-electron chi connectivity index (χ3n) is 8.79. The molecule has 38 heavy (non-hydrogen) atoms. The highest BCUT2D eigenvalue weighted by Gasteiger charge is 2.81. The standard InChI is InChI=1S/C30H26ClN3O4/c1-2-38-24-12-6-3-8-18(24)26(35)25-23-11-7-15-34(23)30(20-16-17(31)13-14-22(20)33-28(30)37)29(25)19-9-4-5-10-21(19)32-27(29)36/h3-6,8-10,12-14,16,23,25H,2,7,11,15H2,1H3,(H,32,36)(H,33,37)/t23-,25+,29-,30+/m0/s1. The largest absolute Gasteiger partial charge is 0.493 e. The summed E-state index contributed by atoms with van der Waals surface area (Å²) in [5.41, 5.74) is 0.0137. The molecule has 0 bridgehead atoms. The number of Topliss-reactive ketones (excluding diaryl/α,β-unsaturated/α-hetero) is 1. The first kappa shape index (κ1) is 23.4. The van der Waals surface area contributed by atoms with Crippen molar-refractivity contribution >= 4 is 40.6 Å². The van der Waals surface area contributed by atoms with Crippen molar-refractivity contribution in [2.45, 2.75) is 36.8 Å². The zero-order chi connectivity index (χ0) is 26.2. The molecule has 2 spiro atoms. The van der Waals surface area contributed by atoms with Crippen LogP contribution in [0.1, 0.15) is 41.3 Å². The van der Waals surface area contributed by atoms with E-state index >= 15 is 0 Å². The van der Waals surface area contributed by atoms with E-state index in [9.17, 15) is 14.4 Å². The van der Waals surface area contributed by atoms with Crippen molar-refractivity contribution in [1.82, 2.24) is 4.90 Å². The fourth-order valence-electron chi connectivity index (χ4n) is 7.67. The van der Waals surface area contributed by atoms with Crippen molar-refractivity contribution in [3.63, 3.8) is 0 Å². The van der Waals surface area contributed by atoms with Crippen LogP contribution in [0.5, 0.6) is 5.75 Å². The van der Waals surface area contributed by atoms with Gasteiger partial charge in [-0.05, 0) is 68.3 Å². The molecule has 7 rings (SSSR count). The molecular formula is C30H26ClN3O4. The van der Waals surface area contributed by atoms with Crippen molar-refractivity contribution in [3.8, 4) is 5.75 Å². The fraction of sp³-hybridized carbons (Fsp3) is 0.300. The molecule has 3 aromatic rings. The molecule has 0 saturated carbocycles.